The van der Waals surface area contributed by atoms with Crippen molar-refractivity contribution in [3.63, 3.8) is 0 Å². The van der Waals surface area contributed by atoms with E-state index in [4.69, 9.17) is 10.6 Å². The molecule has 6 heteroatoms. The maximum atomic E-state index is 12.1. The Bertz CT molecular complexity index is 427. The van der Waals surface area contributed by atoms with Gasteiger partial charge in [0, 0.05) is 24.4 Å². The molecule has 0 saturated heterocycles. The van der Waals surface area contributed by atoms with Gasteiger partial charge in [-0.15, -0.1) is 0 Å². The van der Waals surface area contributed by atoms with Crippen molar-refractivity contribution in [2.75, 3.05) is 18.6 Å². The molecule has 1 aromatic heterocycles. The number of anilines is 1. The predicted molar refractivity (Wildman–Crippen MR) is 84.1 cm³/mol. The van der Waals surface area contributed by atoms with Gasteiger partial charge in [-0.3, -0.25) is 4.79 Å². The number of aromatic nitrogens is 1. The van der Waals surface area contributed by atoms with Gasteiger partial charge in [0.05, 0.1) is 6.10 Å². The van der Waals surface area contributed by atoms with Crippen LogP contribution in [0.25, 0.3) is 0 Å². The first-order valence-electron chi connectivity index (χ1n) is 7.44. The minimum absolute atomic E-state index is 0.103. The van der Waals surface area contributed by atoms with Crippen LogP contribution in [-0.4, -0.2) is 30.1 Å². The van der Waals surface area contributed by atoms with Gasteiger partial charge < -0.3 is 15.5 Å². The number of hydrogen-bond donors (Lipinski definition) is 3. The highest BCUT2D eigenvalue weighted by molar-refractivity contribution is 5.94. The molecule has 0 aromatic carbocycles. The monoisotopic (exact) mass is 294 g/mol. The van der Waals surface area contributed by atoms with E-state index in [2.05, 4.69) is 15.7 Å². The molecular formula is C15H26N4O2. The number of nitrogens with two attached hydrogens (primary N) is 1. The Hall–Kier alpha value is -1.66. The lowest BCUT2D eigenvalue weighted by Crippen LogP contribution is -2.25. The lowest BCUT2D eigenvalue weighted by molar-refractivity contribution is 0.0754. The van der Waals surface area contributed by atoms with E-state index in [0.717, 1.165) is 31.6 Å². The predicted octanol–water partition coefficient (Wildman–Crippen LogP) is 1.86. The number of pyridine rings is 1. The summed E-state index contributed by atoms with van der Waals surface area (Å²) in [4.78, 5) is 16.3. The lowest BCUT2D eigenvalue weighted by Gasteiger charge is -2.09. The van der Waals surface area contributed by atoms with Crippen molar-refractivity contribution in [2.45, 2.75) is 46.1 Å². The van der Waals surface area contributed by atoms with Crippen LogP contribution in [0.2, 0.25) is 0 Å². The highest BCUT2D eigenvalue weighted by atomic mass is 16.5. The summed E-state index contributed by atoms with van der Waals surface area (Å²) < 4.78 is 5.45. The van der Waals surface area contributed by atoms with Gasteiger partial charge in [-0.2, -0.15) is 0 Å². The minimum Gasteiger partial charge on any atom is -0.379 e. The standard InChI is InChI=1S/C15H26N4O2/c1-4-13-9-12(10-14(18-13)19-16)15(20)17-7-5-6-8-21-11(2)3/h9-11H,4-8,16H2,1-3H3,(H,17,20)(H,18,19). The molecule has 21 heavy (non-hydrogen) atoms. The van der Waals surface area contributed by atoms with Gasteiger partial charge >= 0.3 is 0 Å². The van der Waals surface area contributed by atoms with Gasteiger partial charge in [-0.05, 0) is 45.2 Å². The molecule has 0 aliphatic heterocycles. The molecule has 0 atom stereocenters. The summed E-state index contributed by atoms with van der Waals surface area (Å²) in [5.41, 5.74) is 3.90. The number of hydrazine groups is 1. The average molecular weight is 294 g/mol. The number of rotatable bonds is 9. The molecule has 4 N–H and O–H groups in total. The minimum atomic E-state index is -0.103. The number of amides is 1. The van der Waals surface area contributed by atoms with Gasteiger partial charge in [0.15, 0.2) is 0 Å². The van der Waals surface area contributed by atoms with Crippen LogP contribution >= 0.6 is 0 Å². The topological polar surface area (TPSA) is 89.3 Å². The van der Waals surface area contributed by atoms with Gasteiger partial charge in [0.25, 0.3) is 5.91 Å². The highest BCUT2D eigenvalue weighted by Crippen LogP contribution is 2.10. The number of carbonyl (C=O) groups excluding carboxylic acids is 1. The smallest absolute Gasteiger partial charge is 0.251 e. The van der Waals surface area contributed by atoms with E-state index in [9.17, 15) is 4.79 Å². The van der Waals surface area contributed by atoms with Gasteiger partial charge in [-0.25, -0.2) is 10.8 Å². The third-order valence-corrected chi connectivity index (χ3v) is 2.96. The summed E-state index contributed by atoms with van der Waals surface area (Å²) in [5.74, 6) is 5.76. The van der Waals surface area contributed by atoms with E-state index >= 15 is 0 Å². The van der Waals surface area contributed by atoms with E-state index < -0.39 is 0 Å². The first-order chi connectivity index (χ1) is 10.1. The molecular weight excluding hydrogens is 268 g/mol. The molecule has 1 aromatic rings. The quantitative estimate of drug-likeness (QED) is 0.367. The molecule has 1 amide bonds. The van der Waals surface area contributed by atoms with Gasteiger partial charge in [0.2, 0.25) is 0 Å². The van der Waals surface area contributed by atoms with Crippen molar-refractivity contribution >= 4 is 11.7 Å². The molecule has 0 aliphatic carbocycles. The van der Waals surface area contributed by atoms with Crippen molar-refractivity contribution in [2.24, 2.45) is 5.84 Å². The van der Waals surface area contributed by atoms with Crippen LogP contribution in [0.5, 0.6) is 0 Å². The fraction of sp³-hybridized carbons (Fsp3) is 0.600. The number of hydrogen-bond acceptors (Lipinski definition) is 5. The highest BCUT2D eigenvalue weighted by Gasteiger charge is 2.08. The first-order valence-corrected chi connectivity index (χ1v) is 7.44. The Morgan fingerprint density at radius 2 is 2.14 bits per heavy atom. The zero-order valence-corrected chi connectivity index (χ0v) is 13.1. The van der Waals surface area contributed by atoms with E-state index in [1.165, 1.54) is 0 Å². The number of carbonyl (C=O) groups is 1. The van der Waals surface area contributed by atoms with Crippen molar-refractivity contribution in [3.8, 4) is 0 Å². The van der Waals surface area contributed by atoms with Crippen molar-refractivity contribution in [3.05, 3.63) is 23.4 Å². The molecule has 1 rings (SSSR count). The number of aryl methyl sites for hydroxylation is 1. The second-order valence-corrected chi connectivity index (χ2v) is 5.11. The van der Waals surface area contributed by atoms with Crippen LogP contribution in [0.15, 0.2) is 12.1 Å². The largest absolute Gasteiger partial charge is 0.379 e. The fourth-order valence-corrected chi connectivity index (χ4v) is 1.82. The normalized spacial score (nSPS) is 10.7. The number of unbranched alkanes of at least 4 members (excludes halogenated alkanes) is 1. The number of ether oxygens (including phenoxy) is 1. The zero-order chi connectivity index (χ0) is 15.7. The second-order valence-electron chi connectivity index (χ2n) is 5.11. The SMILES string of the molecule is CCc1cc(C(=O)NCCCCOC(C)C)cc(NN)n1. The average Bonchev–Trinajstić information content (AvgIpc) is 2.49. The van der Waals surface area contributed by atoms with Crippen LogP contribution in [0.1, 0.15) is 49.7 Å². The zero-order valence-electron chi connectivity index (χ0n) is 13.1. The van der Waals surface area contributed by atoms with E-state index in [1.807, 2.05) is 20.8 Å². The van der Waals surface area contributed by atoms with Gasteiger partial charge in [-0.1, -0.05) is 6.92 Å². The molecule has 118 valence electrons. The summed E-state index contributed by atoms with van der Waals surface area (Å²) >= 11 is 0. The second kappa shape index (κ2) is 9.31. The van der Waals surface area contributed by atoms with Crippen molar-refractivity contribution < 1.29 is 9.53 Å². The Morgan fingerprint density at radius 3 is 2.76 bits per heavy atom. The van der Waals surface area contributed by atoms with Crippen LogP contribution in [0, 0.1) is 0 Å². The summed E-state index contributed by atoms with van der Waals surface area (Å²) in [6.07, 6.45) is 2.84. The maximum Gasteiger partial charge on any atom is 0.251 e. The maximum absolute atomic E-state index is 12.1. The van der Waals surface area contributed by atoms with Crippen LogP contribution in [0.4, 0.5) is 5.82 Å². The number of nitrogens with one attached hydrogen (secondary N) is 2. The van der Waals surface area contributed by atoms with Crippen LogP contribution in [0.3, 0.4) is 0 Å². The van der Waals surface area contributed by atoms with E-state index in [1.54, 1.807) is 12.1 Å². The summed E-state index contributed by atoms with van der Waals surface area (Å²) in [6, 6.07) is 3.44. The number of nitrogens with zero attached hydrogens (tertiary/aromatic N) is 1. The Balaban J connectivity index is 2.41. The molecule has 6 nitrogen and oxygen atoms in total. The summed E-state index contributed by atoms with van der Waals surface area (Å²) in [7, 11) is 0. The number of nitrogen functional groups attached to an aromatic ring is 1. The summed E-state index contributed by atoms with van der Waals surface area (Å²) in [6.45, 7) is 7.37. The lowest BCUT2D eigenvalue weighted by atomic mass is 10.2. The van der Waals surface area contributed by atoms with E-state index in [-0.39, 0.29) is 12.0 Å². The summed E-state index contributed by atoms with van der Waals surface area (Å²) in [5, 5.41) is 2.90. The molecule has 1 heterocycles. The Kier molecular flexibility index (Phi) is 7.71. The Labute approximate surface area is 126 Å². The van der Waals surface area contributed by atoms with Crippen molar-refractivity contribution in [1.29, 1.82) is 0 Å². The van der Waals surface area contributed by atoms with Crippen LogP contribution < -0.4 is 16.6 Å². The van der Waals surface area contributed by atoms with Crippen molar-refractivity contribution in [1.82, 2.24) is 10.3 Å². The molecule has 0 radical (unpaired) electrons. The fourth-order valence-electron chi connectivity index (χ4n) is 1.82. The Morgan fingerprint density at radius 1 is 1.38 bits per heavy atom. The molecule has 0 fully saturated rings. The van der Waals surface area contributed by atoms with E-state index in [0.29, 0.717) is 17.9 Å². The third-order valence-electron chi connectivity index (χ3n) is 2.96. The molecule has 0 saturated carbocycles. The van der Waals surface area contributed by atoms with Crippen LogP contribution in [-0.2, 0) is 11.2 Å². The molecule has 0 aliphatic rings. The van der Waals surface area contributed by atoms with Gasteiger partial charge in [0.1, 0.15) is 5.82 Å². The molecule has 0 bridgehead atoms. The third kappa shape index (κ3) is 6.55. The molecule has 0 unspecified atom stereocenters. The molecule has 0 spiro atoms. The first kappa shape index (κ1) is 17.4.